The predicted octanol–water partition coefficient (Wildman–Crippen LogP) is 4.13. The van der Waals surface area contributed by atoms with Crippen molar-refractivity contribution in [2.75, 3.05) is 18.6 Å². The van der Waals surface area contributed by atoms with Crippen molar-refractivity contribution >= 4 is 29.2 Å². The standard InChI is InChI=1S/C27H26N4O5/c1-17-6-10-20(11-7-17)30-18(2)26(33)29(27(30)34)16-25(32)31-23(24-5-4-14-36-24)15-22(28-31)19-8-12-21(35-3)13-9-19/h4-14,18,23H,15-16H2,1-3H3/t18-,23-/m1/s1. The second kappa shape index (κ2) is 9.33. The first-order valence-electron chi connectivity index (χ1n) is 11.7. The molecule has 0 N–H and O–H groups in total. The minimum absolute atomic E-state index is 0.416. The van der Waals surface area contributed by atoms with Gasteiger partial charge >= 0.3 is 6.03 Å². The molecule has 2 atom stereocenters. The van der Waals surface area contributed by atoms with E-state index in [2.05, 4.69) is 5.10 Å². The van der Waals surface area contributed by atoms with Crippen molar-refractivity contribution in [3.8, 4) is 5.75 Å². The Morgan fingerprint density at radius 2 is 1.81 bits per heavy atom. The van der Waals surface area contributed by atoms with Gasteiger partial charge < -0.3 is 9.15 Å². The molecule has 9 nitrogen and oxygen atoms in total. The number of carbonyl (C=O) groups excluding carboxylic acids is 3. The number of imide groups is 1. The maximum absolute atomic E-state index is 13.5. The molecule has 5 rings (SSSR count). The molecular formula is C27H26N4O5. The van der Waals surface area contributed by atoms with Crippen molar-refractivity contribution < 1.29 is 23.5 Å². The highest BCUT2D eigenvalue weighted by Gasteiger charge is 2.45. The Hall–Kier alpha value is -4.40. The molecule has 1 fully saturated rings. The topological polar surface area (TPSA) is 95.7 Å². The van der Waals surface area contributed by atoms with Crippen molar-refractivity contribution in [2.24, 2.45) is 5.10 Å². The average molecular weight is 487 g/mol. The van der Waals surface area contributed by atoms with Crippen molar-refractivity contribution in [1.82, 2.24) is 9.91 Å². The lowest BCUT2D eigenvalue weighted by atomic mass is 10.0. The van der Waals surface area contributed by atoms with E-state index in [-0.39, 0.29) is 0 Å². The van der Waals surface area contributed by atoms with Gasteiger partial charge in [-0.1, -0.05) is 17.7 Å². The van der Waals surface area contributed by atoms with Gasteiger partial charge in [-0.15, -0.1) is 0 Å². The molecule has 1 saturated heterocycles. The van der Waals surface area contributed by atoms with Crippen LogP contribution in [0.1, 0.15) is 36.3 Å². The van der Waals surface area contributed by atoms with Crippen LogP contribution < -0.4 is 9.64 Å². The summed E-state index contributed by atoms with van der Waals surface area (Å²) in [7, 11) is 1.59. The Bertz CT molecular complexity index is 1320. The van der Waals surface area contributed by atoms with Crippen LogP contribution in [0.5, 0.6) is 5.75 Å². The zero-order valence-electron chi connectivity index (χ0n) is 20.2. The fourth-order valence-corrected chi connectivity index (χ4v) is 4.52. The summed E-state index contributed by atoms with van der Waals surface area (Å²) in [5.41, 5.74) is 3.19. The van der Waals surface area contributed by atoms with Gasteiger partial charge in [-0.3, -0.25) is 19.4 Å². The SMILES string of the molecule is COc1ccc(C2=NN(C(=O)CN3C(=O)[C@@H](C)N(c4ccc(C)cc4)C3=O)[C@@H](c3ccco3)C2)cc1. The molecule has 0 unspecified atom stereocenters. The molecule has 3 heterocycles. The number of nitrogens with zero attached hydrogens (tertiary/aromatic N) is 4. The van der Waals surface area contributed by atoms with E-state index >= 15 is 0 Å². The highest BCUT2D eigenvalue weighted by atomic mass is 16.5. The molecule has 0 aliphatic carbocycles. The van der Waals surface area contributed by atoms with Crippen LogP contribution in [-0.4, -0.2) is 53.2 Å². The van der Waals surface area contributed by atoms with Gasteiger partial charge in [0, 0.05) is 12.1 Å². The van der Waals surface area contributed by atoms with Crippen molar-refractivity contribution in [3.05, 3.63) is 83.8 Å². The summed E-state index contributed by atoms with van der Waals surface area (Å²) in [6, 6.07) is 16.5. The lowest BCUT2D eigenvalue weighted by Crippen LogP contribution is -2.42. The predicted molar refractivity (Wildman–Crippen MR) is 133 cm³/mol. The number of urea groups is 1. The second-order valence-electron chi connectivity index (χ2n) is 8.84. The number of anilines is 1. The number of rotatable bonds is 6. The zero-order valence-corrected chi connectivity index (χ0v) is 20.2. The Morgan fingerprint density at radius 3 is 2.44 bits per heavy atom. The molecule has 4 amide bonds. The summed E-state index contributed by atoms with van der Waals surface area (Å²) in [5.74, 6) is 0.386. The largest absolute Gasteiger partial charge is 0.497 e. The van der Waals surface area contributed by atoms with E-state index in [4.69, 9.17) is 9.15 Å². The maximum atomic E-state index is 13.5. The van der Waals surface area contributed by atoms with Gasteiger partial charge in [-0.25, -0.2) is 9.80 Å². The van der Waals surface area contributed by atoms with E-state index in [1.807, 2.05) is 43.3 Å². The number of amides is 4. The van der Waals surface area contributed by atoms with E-state index in [0.717, 1.165) is 16.0 Å². The minimum atomic E-state index is -0.717. The number of aryl methyl sites for hydroxylation is 1. The van der Waals surface area contributed by atoms with Gasteiger partial charge in [-0.2, -0.15) is 5.10 Å². The van der Waals surface area contributed by atoms with Crippen LogP contribution in [0.15, 0.2) is 76.4 Å². The van der Waals surface area contributed by atoms with Gasteiger partial charge in [0.1, 0.15) is 30.1 Å². The minimum Gasteiger partial charge on any atom is -0.497 e. The van der Waals surface area contributed by atoms with Crippen LogP contribution in [0.3, 0.4) is 0 Å². The van der Waals surface area contributed by atoms with Crippen molar-refractivity contribution in [3.63, 3.8) is 0 Å². The van der Waals surface area contributed by atoms with E-state index in [1.54, 1.807) is 38.3 Å². The fraction of sp³-hybridized carbons (Fsp3) is 0.259. The quantitative estimate of drug-likeness (QED) is 0.488. The Morgan fingerprint density at radius 1 is 1.08 bits per heavy atom. The van der Waals surface area contributed by atoms with Crippen LogP contribution >= 0.6 is 0 Å². The van der Waals surface area contributed by atoms with Gasteiger partial charge in [0.15, 0.2) is 0 Å². The molecule has 3 aromatic rings. The molecule has 9 heteroatoms. The third-order valence-corrected chi connectivity index (χ3v) is 6.51. The zero-order chi connectivity index (χ0) is 25.4. The smallest absolute Gasteiger partial charge is 0.332 e. The first-order chi connectivity index (χ1) is 17.4. The molecule has 36 heavy (non-hydrogen) atoms. The lowest BCUT2D eigenvalue weighted by molar-refractivity contribution is -0.138. The number of hydrogen-bond acceptors (Lipinski definition) is 6. The lowest BCUT2D eigenvalue weighted by Gasteiger charge is -2.22. The summed E-state index contributed by atoms with van der Waals surface area (Å²) < 4.78 is 10.8. The molecular weight excluding hydrogens is 460 g/mol. The van der Waals surface area contributed by atoms with Crippen LogP contribution in [-0.2, 0) is 9.59 Å². The maximum Gasteiger partial charge on any atom is 0.332 e. The summed E-state index contributed by atoms with van der Waals surface area (Å²) in [6.07, 6.45) is 1.97. The molecule has 0 spiro atoms. The van der Waals surface area contributed by atoms with E-state index in [0.29, 0.717) is 29.3 Å². The number of carbonyl (C=O) groups is 3. The van der Waals surface area contributed by atoms with Crippen molar-refractivity contribution in [1.29, 1.82) is 0 Å². The van der Waals surface area contributed by atoms with Gasteiger partial charge in [0.2, 0.25) is 0 Å². The normalized spacial score (nSPS) is 19.8. The summed E-state index contributed by atoms with van der Waals surface area (Å²) >= 11 is 0. The molecule has 2 aromatic carbocycles. The van der Waals surface area contributed by atoms with Crippen LogP contribution in [0, 0.1) is 6.92 Å². The van der Waals surface area contributed by atoms with Crippen LogP contribution in [0.2, 0.25) is 0 Å². The second-order valence-corrected chi connectivity index (χ2v) is 8.84. The van der Waals surface area contributed by atoms with Crippen LogP contribution in [0.25, 0.3) is 0 Å². The highest BCUT2D eigenvalue weighted by Crippen LogP contribution is 2.34. The van der Waals surface area contributed by atoms with Gasteiger partial charge in [0.05, 0.1) is 19.1 Å². The number of hydrogen-bond donors (Lipinski definition) is 0. The van der Waals surface area contributed by atoms with E-state index in [1.165, 1.54) is 16.2 Å². The summed E-state index contributed by atoms with van der Waals surface area (Å²) in [5, 5.41) is 5.90. The molecule has 2 aliphatic heterocycles. The Labute approximate surface area is 208 Å². The average Bonchev–Trinajstić information content (AvgIpc) is 3.62. The van der Waals surface area contributed by atoms with E-state index < -0.39 is 36.5 Å². The van der Waals surface area contributed by atoms with Gasteiger partial charge in [-0.05, 0) is 67.9 Å². The number of benzene rings is 2. The molecule has 184 valence electrons. The van der Waals surface area contributed by atoms with Gasteiger partial charge in [0.25, 0.3) is 11.8 Å². The molecule has 0 saturated carbocycles. The third kappa shape index (κ3) is 4.13. The number of ether oxygens (including phenoxy) is 1. The first kappa shape index (κ1) is 23.3. The first-order valence-corrected chi connectivity index (χ1v) is 11.7. The monoisotopic (exact) mass is 486 g/mol. The third-order valence-electron chi connectivity index (χ3n) is 6.51. The molecule has 1 aromatic heterocycles. The molecule has 0 radical (unpaired) electrons. The van der Waals surface area contributed by atoms with Crippen molar-refractivity contribution in [2.45, 2.75) is 32.4 Å². The number of furan rings is 1. The van der Waals surface area contributed by atoms with Crippen LogP contribution in [0.4, 0.5) is 10.5 Å². The highest BCUT2D eigenvalue weighted by molar-refractivity contribution is 6.15. The number of hydrazone groups is 1. The Kier molecular flexibility index (Phi) is 6.05. The summed E-state index contributed by atoms with van der Waals surface area (Å²) in [6.45, 7) is 3.19. The van der Waals surface area contributed by atoms with E-state index in [9.17, 15) is 14.4 Å². The fourth-order valence-electron chi connectivity index (χ4n) is 4.52. The Balaban J connectivity index is 1.40. The summed E-state index contributed by atoms with van der Waals surface area (Å²) in [4.78, 5) is 42.1. The molecule has 0 bridgehead atoms. The molecule has 2 aliphatic rings. The number of methoxy groups -OCH3 is 1.